The number of carboxylic acid groups (broad SMARTS) is 1. The SMILES string of the molecule is COc1ccc(N(C)C(C)(C)C(=O)O)cc1C(C)C. The molecule has 4 heteroatoms. The first kappa shape index (κ1) is 15.3. The van der Waals surface area contributed by atoms with E-state index in [-0.39, 0.29) is 0 Å². The molecule has 1 aromatic rings. The molecule has 0 fully saturated rings. The van der Waals surface area contributed by atoms with Crippen LogP contribution in [0.15, 0.2) is 18.2 Å². The first-order valence-electron chi connectivity index (χ1n) is 6.37. The average Bonchev–Trinajstić information content (AvgIpc) is 2.36. The van der Waals surface area contributed by atoms with Gasteiger partial charge in [-0.2, -0.15) is 0 Å². The zero-order valence-electron chi connectivity index (χ0n) is 12.5. The molecule has 0 amide bonds. The summed E-state index contributed by atoms with van der Waals surface area (Å²) in [5, 5.41) is 9.29. The molecule has 1 aromatic carbocycles. The van der Waals surface area contributed by atoms with E-state index in [2.05, 4.69) is 13.8 Å². The quantitative estimate of drug-likeness (QED) is 0.888. The molecule has 106 valence electrons. The van der Waals surface area contributed by atoms with Gasteiger partial charge in [0.1, 0.15) is 11.3 Å². The van der Waals surface area contributed by atoms with Gasteiger partial charge in [0.2, 0.25) is 0 Å². The van der Waals surface area contributed by atoms with Gasteiger partial charge in [-0.25, -0.2) is 4.79 Å². The van der Waals surface area contributed by atoms with Crippen LogP contribution < -0.4 is 9.64 Å². The van der Waals surface area contributed by atoms with Gasteiger partial charge in [-0.15, -0.1) is 0 Å². The molecule has 0 aliphatic rings. The second-order valence-corrected chi connectivity index (χ2v) is 5.50. The van der Waals surface area contributed by atoms with Crippen LogP contribution in [0, 0.1) is 0 Å². The van der Waals surface area contributed by atoms with E-state index in [0.717, 1.165) is 17.0 Å². The Morgan fingerprint density at radius 3 is 2.37 bits per heavy atom. The van der Waals surface area contributed by atoms with E-state index in [1.165, 1.54) is 0 Å². The fourth-order valence-electron chi connectivity index (χ4n) is 1.85. The van der Waals surface area contributed by atoms with Crippen LogP contribution in [0.5, 0.6) is 5.75 Å². The van der Waals surface area contributed by atoms with Gasteiger partial charge < -0.3 is 14.7 Å². The number of hydrogen-bond donors (Lipinski definition) is 1. The average molecular weight is 265 g/mol. The molecular formula is C15H23NO3. The van der Waals surface area contributed by atoms with Crippen molar-refractivity contribution in [3.8, 4) is 5.75 Å². The van der Waals surface area contributed by atoms with Crippen LogP contribution in [-0.2, 0) is 4.79 Å². The number of aliphatic carboxylic acids is 1. The highest BCUT2D eigenvalue weighted by Gasteiger charge is 2.32. The highest BCUT2D eigenvalue weighted by molar-refractivity contribution is 5.82. The second-order valence-electron chi connectivity index (χ2n) is 5.50. The molecule has 0 bridgehead atoms. The number of anilines is 1. The van der Waals surface area contributed by atoms with E-state index >= 15 is 0 Å². The van der Waals surface area contributed by atoms with Crippen LogP contribution in [0.25, 0.3) is 0 Å². The highest BCUT2D eigenvalue weighted by Crippen LogP contribution is 2.32. The molecule has 19 heavy (non-hydrogen) atoms. The summed E-state index contributed by atoms with van der Waals surface area (Å²) in [6, 6.07) is 5.77. The predicted octanol–water partition coefficient (Wildman–Crippen LogP) is 3.12. The van der Waals surface area contributed by atoms with Gasteiger partial charge in [-0.1, -0.05) is 13.8 Å². The van der Waals surface area contributed by atoms with Gasteiger partial charge in [-0.05, 0) is 43.5 Å². The molecule has 0 aliphatic heterocycles. The standard InChI is InChI=1S/C15H23NO3/c1-10(2)12-9-11(7-8-13(12)19-6)16(5)15(3,4)14(17)18/h7-10H,1-6H3,(H,17,18). The van der Waals surface area contributed by atoms with Crippen molar-refractivity contribution in [2.24, 2.45) is 0 Å². The van der Waals surface area contributed by atoms with Crippen molar-refractivity contribution in [1.29, 1.82) is 0 Å². The predicted molar refractivity (Wildman–Crippen MR) is 77.2 cm³/mol. The minimum absolute atomic E-state index is 0.316. The van der Waals surface area contributed by atoms with Crippen molar-refractivity contribution < 1.29 is 14.6 Å². The summed E-state index contributed by atoms with van der Waals surface area (Å²) < 4.78 is 5.34. The zero-order chi connectivity index (χ0) is 14.8. The van der Waals surface area contributed by atoms with Gasteiger partial charge in [-0.3, -0.25) is 0 Å². The first-order chi connectivity index (χ1) is 8.71. The Kier molecular flexibility index (Phi) is 4.45. The van der Waals surface area contributed by atoms with Crippen LogP contribution in [0.1, 0.15) is 39.2 Å². The molecule has 1 rings (SSSR count). The molecule has 4 nitrogen and oxygen atoms in total. The fourth-order valence-corrected chi connectivity index (χ4v) is 1.85. The maximum absolute atomic E-state index is 11.3. The monoisotopic (exact) mass is 265 g/mol. The summed E-state index contributed by atoms with van der Waals surface area (Å²) in [6.45, 7) is 7.55. The fraction of sp³-hybridized carbons (Fsp3) is 0.533. The number of carbonyl (C=O) groups is 1. The molecule has 0 spiro atoms. The van der Waals surface area contributed by atoms with E-state index in [9.17, 15) is 9.90 Å². The van der Waals surface area contributed by atoms with Gasteiger partial charge in [0, 0.05) is 12.7 Å². The molecule has 1 N–H and O–H groups in total. The summed E-state index contributed by atoms with van der Waals surface area (Å²) in [5.41, 5.74) is 0.993. The number of likely N-dealkylation sites (N-methyl/N-ethyl adjacent to an activating group) is 1. The minimum atomic E-state index is -0.956. The van der Waals surface area contributed by atoms with Crippen LogP contribution in [0.2, 0.25) is 0 Å². The van der Waals surface area contributed by atoms with Crippen LogP contribution in [-0.4, -0.2) is 30.8 Å². The number of nitrogens with zero attached hydrogens (tertiary/aromatic N) is 1. The summed E-state index contributed by atoms with van der Waals surface area (Å²) in [4.78, 5) is 13.1. The summed E-state index contributed by atoms with van der Waals surface area (Å²) in [6.07, 6.45) is 0. The Morgan fingerprint density at radius 1 is 1.37 bits per heavy atom. The molecule has 0 saturated heterocycles. The summed E-state index contributed by atoms with van der Waals surface area (Å²) in [5.74, 6) is 0.299. The third-order valence-corrected chi connectivity index (χ3v) is 3.58. The van der Waals surface area contributed by atoms with Gasteiger partial charge in [0.25, 0.3) is 0 Å². The molecule has 0 aromatic heterocycles. The topological polar surface area (TPSA) is 49.8 Å². The number of ether oxygens (including phenoxy) is 1. The van der Waals surface area contributed by atoms with Gasteiger partial charge in [0.15, 0.2) is 0 Å². The van der Waals surface area contributed by atoms with Crippen molar-refractivity contribution in [3.05, 3.63) is 23.8 Å². The van der Waals surface area contributed by atoms with Gasteiger partial charge >= 0.3 is 5.97 Å². The van der Waals surface area contributed by atoms with Crippen molar-refractivity contribution >= 4 is 11.7 Å². The molecule has 0 saturated carbocycles. The van der Waals surface area contributed by atoms with Crippen LogP contribution in [0.3, 0.4) is 0 Å². The lowest BCUT2D eigenvalue weighted by molar-refractivity contribution is -0.142. The molecule has 0 aliphatic carbocycles. The molecular weight excluding hydrogens is 242 g/mol. The number of rotatable bonds is 5. The van der Waals surface area contributed by atoms with E-state index in [1.54, 1.807) is 32.9 Å². The highest BCUT2D eigenvalue weighted by atomic mass is 16.5. The maximum atomic E-state index is 11.3. The largest absolute Gasteiger partial charge is 0.496 e. The third-order valence-electron chi connectivity index (χ3n) is 3.58. The maximum Gasteiger partial charge on any atom is 0.328 e. The molecule has 0 heterocycles. The van der Waals surface area contributed by atoms with E-state index in [4.69, 9.17) is 4.74 Å². The van der Waals surface area contributed by atoms with Crippen molar-refractivity contribution in [1.82, 2.24) is 0 Å². The van der Waals surface area contributed by atoms with Crippen LogP contribution in [0.4, 0.5) is 5.69 Å². The van der Waals surface area contributed by atoms with Crippen molar-refractivity contribution in [3.63, 3.8) is 0 Å². The van der Waals surface area contributed by atoms with E-state index < -0.39 is 11.5 Å². The summed E-state index contributed by atoms with van der Waals surface area (Å²) >= 11 is 0. The number of methoxy groups -OCH3 is 1. The molecule has 0 radical (unpaired) electrons. The van der Waals surface area contributed by atoms with E-state index in [1.807, 2.05) is 18.2 Å². The Hall–Kier alpha value is -1.71. The smallest absolute Gasteiger partial charge is 0.328 e. The zero-order valence-corrected chi connectivity index (χ0v) is 12.5. The Morgan fingerprint density at radius 2 is 1.95 bits per heavy atom. The Balaban J connectivity index is 3.22. The molecule has 0 unspecified atom stereocenters. The normalized spacial score (nSPS) is 11.5. The first-order valence-corrected chi connectivity index (χ1v) is 6.37. The lowest BCUT2D eigenvalue weighted by Gasteiger charge is -2.34. The Labute approximate surface area is 115 Å². The molecule has 0 atom stereocenters. The summed E-state index contributed by atoms with van der Waals surface area (Å²) in [7, 11) is 3.44. The number of benzene rings is 1. The van der Waals surface area contributed by atoms with Gasteiger partial charge in [0.05, 0.1) is 7.11 Å². The second kappa shape index (κ2) is 5.51. The third kappa shape index (κ3) is 3.00. The number of carboxylic acids is 1. The number of hydrogen-bond acceptors (Lipinski definition) is 3. The lowest BCUT2D eigenvalue weighted by Crippen LogP contribution is -2.48. The van der Waals surface area contributed by atoms with Crippen molar-refractivity contribution in [2.45, 2.75) is 39.2 Å². The van der Waals surface area contributed by atoms with E-state index in [0.29, 0.717) is 5.92 Å². The van der Waals surface area contributed by atoms with Crippen molar-refractivity contribution in [2.75, 3.05) is 19.1 Å². The van der Waals surface area contributed by atoms with Crippen LogP contribution >= 0.6 is 0 Å². The Bertz CT molecular complexity index is 466. The lowest BCUT2D eigenvalue weighted by atomic mass is 9.98. The minimum Gasteiger partial charge on any atom is -0.496 e.